The number of aromatic amines is 1. The van der Waals surface area contributed by atoms with Crippen molar-refractivity contribution in [1.82, 2.24) is 10.3 Å². The number of H-pyrrole nitrogens is 1. The third kappa shape index (κ3) is 1.59. The molecule has 0 bridgehead atoms. The number of rotatable bonds is 2. The van der Waals surface area contributed by atoms with E-state index in [9.17, 15) is 0 Å². The fraction of sp³-hybridized carbons (Fsp3) is 0.750. The second kappa shape index (κ2) is 3.03. The molecule has 62 valence electrons. The first-order valence-corrected chi connectivity index (χ1v) is 4.07. The monoisotopic (exact) mass is 154 g/mol. The lowest BCUT2D eigenvalue weighted by Gasteiger charge is -2.04. The molecule has 11 heavy (non-hydrogen) atoms. The molecule has 0 aliphatic rings. The Hall–Kier alpha value is -0.860. The highest BCUT2D eigenvalue weighted by Crippen LogP contribution is 2.08. The normalized spacial score (nSPS) is 11.5. The van der Waals surface area contributed by atoms with Crippen LogP contribution in [-0.2, 0) is 0 Å². The highest BCUT2D eigenvalue weighted by Gasteiger charge is 2.16. The third-order valence-corrected chi connectivity index (χ3v) is 1.75. The Balaban J connectivity index is 2.96. The van der Waals surface area contributed by atoms with Crippen LogP contribution in [0.3, 0.4) is 0 Å². The summed E-state index contributed by atoms with van der Waals surface area (Å²) in [4.78, 5) is 0. The summed E-state index contributed by atoms with van der Waals surface area (Å²) >= 11 is 0. The second-order valence-corrected chi connectivity index (χ2v) is 3.40. The first-order valence-electron chi connectivity index (χ1n) is 4.07. The molecule has 0 spiro atoms. The Bertz CT molecular complexity index is 202. The number of hydrogen-bond acceptors (Lipinski definition) is 1. The molecule has 0 atom stereocenters. The van der Waals surface area contributed by atoms with Crippen LogP contribution in [0.2, 0.25) is 0 Å². The van der Waals surface area contributed by atoms with Crippen molar-refractivity contribution >= 4 is 0 Å². The topological polar surface area (TPSA) is 32.6 Å². The molecular formula is C8H16N3+. The standard InChI is InChI=1S/C8H15N3/c1-6(2)8-5-9-10-11(8)7(3)4/h5-7H,1-4H3/p+1. The van der Waals surface area contributed by atoms with E-state index in [0.29, 0.717) is 12.0 Å². The van der Waals surface area contributed by atoms with Gasteiger partial charge in [-0.05, 0) is 13.8 Å². The van der Waals surface area contributed by atoms with E-state index in [1.54, 1.807) is 0 Å². The Morgan fingerprint density at radius 2 is 2.00 bits per heavy atom. The summed E-state index contributed by atoms with van der Waals surface area (Å²) in [6.07, 6.45) is 1.89. The average molecular weight is 154 g/mol. The van der Waals surface area contributed by atoms with E-state index in [1.165, 1.54) is 5.69 Å². The molecule has 1 N–H and O–H groups in total. The average Bonchev–Trinajstić information content (AvgIpc) is 2.32. The van der Waals surface area contributed by atoms with Gasteiger partial charge in [-0.3, -0.25) is 0 Å². The Morgan fingerprint density at radius 3 is 2.36 bits per heavy atom. The summed E-state index contributed by atoms with van der Waals surface area (Å²) in [5.41, 5.74) is 1.26. The SMILES string of the molecule is CC(C)c1cn[nH][n+]1C(C)C. The second-order valence-electron chi connectivity index (χ2n) is 3.40. The number of nitrogens with one attached hydrogen (secondary N) is 1. The Morgan fingerprint density at radius 1 is 1.36 bits per heavy atom. The first-order chi connectivity index (χ1) is 5.13. The van der Waals surface area contributed by atoms with Gasteiger partial charge in [-0.25, -0.2) is 0 Å². The van der Waals surface area contributed by atoms with Crippen LogP contribution in [0, 0.1) is 0 Å². The van der Waals surface area contributed by atoms with Crippen molar-refractivity contribution in [2.75, 3.05) is 0 Å². The van der Waals surface area contributed by atoms with Crippen LogP contribution in [0.25, 0.3) is 0 Å². The smallest absolute Gasteiger partial charge is 0.157 e. The molecule has 3 nitrogen and oxygen atoms in total. The van der Waals surface area contributed by atoms with Crippen molar-refractivity contribution in [1.29, 1.82) is 0 Å². The van der Waals surface area contributed by atoms with Crippen molar-refractivity contribution in [2.24, 2.45) is 0 Å². The van der Waals surface area contributed by atoms with Gasteiger partial charge >= 0.3 is 0 Å². The van der Waals surface area contributed by atoms with Crippen LogP contribution in [0.4, 0.5) is 0 Å². The zero-order chi connectivity index (χ0) is 8.43. The van der Waals surface area contributed by atoms with Crippen LogP contribution in [0.5, 0.6) is 0 Å². The van der Waals surface area contributed by atoms with Gasteiger partial charge in [0.1, 0.15) is 6.04 Å². The summed E-state index contributed by atoms with van der Waals surface area (Å²) < 4.78 is 2.09. The lowest BCUT2D eigenvalue weighted by atomic mass is 10.1. The van der Waals surface area contributed by atoms with Gasteiger partial charge in [0, 0.05) is 11.0 Å². The zero-order valence-corrected chi connectivity index (χ0v) is 7.63. The third-order valence-electron chi connectivity index (χ3n) is 1.75. The molecule has 0 saturated heterocycles. The minimum Gasteiger partial charge on any atom is -0.157 e. The molecule has 0 aliphatic carbocycles. The summed E-state index contributed by atoms with van der Waals surface area (Å²) in [5, 5.41) is 6.96. The van der Waals surface area contributed by atoms with Gasteiger partial charge in [0.15, 0.2) is 5.69 Å². The van der Waals surface area contributed by atoms with Gasteiger partial charge in [-0.15, -0.1) is 0 Å². The van der Waals surface area contributed by atoms with Crippen LogP contribution in [0.1, 0.15) is 45.3 Å². The van der Waals surface area contributed by atoms with Crippen LogP contribution < -0.4 is 4.68 Å². The van der Waals surface area contributed by atoms with Gasteiger partial charge in [-0.1, -0.05) is 19.1 Å². The molecular weight excluding hydrogens is 138 g/mol. The maximum absolute atomic E-state index is 4.00. The van der Waals surface area contributed by atoms with Crippen molar-refractivity contribution in [3.05, 3.63) is 11.9 Å². The van der Waals surface area contributed by atoms with Gasteiger partial charge < -0.3 is 0 Å². The lowest BCUT2D eigenvalue weighted by molar-refractivity contribution is -0.777. The maximum atomic E-state index is 4.00. The fourth-order valence-electron chi connectivity index (χ4n) is 1.12. The van der Waals surface area contributed by atoms with E-state index < -0.39 is 0 Å². The van der Waals surface area contributed by atoms with Crippen LogP contribution in [0.15, 0.2) is 6.20 Å². The molecule has 0 aromatic carbocycles. The van der Waals surface area contributed by atoms with Crippen LogP contribution in [-0.4, -0.2) is 10.3 Å². The van der Waals surface area contributed by atoms with E-state index in [4.69, 9.17) is 0 Å². The maximum Gasteiger partial charge on any atom is 0.209 e. The molecule has 1 rings (SSSR count). The van der Waals surface area contributed by atoms with Crippen molar-refractivity contribution < 1.29 is 4.68 Å². The highest BCUT2D eigenvalue weighted by molar-refractivity contribution is 4.90. The predicted octanol–water partition coefficient (Wildman–Crippen LogP) is 1.40. The van der Waals surface area contributed by atoms with E-state index in [2.05, 4.69) is 42.7 Å². The van der Waals surface area contributed by atoms with Crippen molar-refractivity contribution in [3.63, 3.8) is 0 Å². The summed E-state index contributed by atoms with van der Waals surface area (Å²) in [5.74, 6) is 0.538. The molecule has 0 unspecified atom stereocenters. The van der Waals surface area contributed by atoms with E-state index in [-0.39, 0.29) is 0 Å². The molecule has 0 aliphatic heterocycles. The van der Waals surface area contributed by atoms with Crippen molar-refractivity contribution in [2.45, 2.75) is 39.7 Å². The van der Waals surface area contributed by atoms with Crippen LogP contribution >= 0.6 is 0 Å². The largest absolute Gasteiger partial charge is 0.209 e. The van der Waals surface area contributed by atoms with Gasteiger partial charge in [-0.2, -0.15) is 4.68 Å². The van der Waals surface area contributed by atoms with E-state index in [1.807, 2.05) is 6.20 Å². The molecule has 0 radical (unpaired) electrons. The minimum absolute atomic E-state index is 0.467. The highest BCUT2D eigenvalue weighted by atomic mass is 15.4. The van der Waals surface area contributed by atoms with Gasteiger partial charge in [0.2, 0.25) is 6.20 Å². The molecule has 0 fully saturated rings. The summed E-state index contributed by atoms with van der Waals surface area (Å²) in [6.45, 7) is 8.63. The first kappa shape index (κ1) is 8.24. The zero-order valence-electron chi connectivity index (χ0n) is 7.63. The van der Waals surface area contributed by atoms with E-state index >= 15 is 0 Å². The summed E-state index contributed by atoms with van der Waals surface area (Å²) in [7, 11) is 0. The molecule has 1 aromatic heterocycles. The predicted molar refractivity (Wildman–Crippen MR) is 43.3 cm³/mol. The molecule has 3 heteroatoms. The fourth-order valence-corrected chi connectivity index (χ4v) is 1.12. The Kier molecular flexibility index (Phi) is 2.27. The number of aromatic nitrogens is 3. The molecule has 0 saturated carbocycles. The van der Waals surface area contributed by atoms with Gasteiger partial charge in [0.05, 0.1) is 0 Å². The minimum atomic E-state index is 0.467. The Labute approximate surface area is 67.4 Å². The molecule has 0 amide bonds. The quantitative estimate of drug-likeness (QED) is 0.642. The number of nitrogens with zero attached hydrogens (tertiary/aromatic N) is 2. The van der Waals surface area contributed by atoms with E-state index in [0.717, 1.165) is 0 Å². The molecule has 1 heterocycles. The van der Waals surface area contributed by atoms with Crippen molar-refractivity contribution in [3.8, 4) is 0 Å². The van der Waals surface area contributed by atoms with Gasteiger partial charge in [0.25, 0.3) is 0 Å². The molecule has 1 aromatic rings. The number of hydrogen-bond donors (Lipinski definition) is 1. The lowest BCUT2D eigenvalue weighted by Crippen LogP contribution is -2.42. The summed E-state index contributed by atoms with van der Waals surface area (Å²) in [6, 6.07) is 0.467.